The molecule has 0 spiro atoms. The summed E-state index contributed by atoms with van der Waals surface area (Å²) in [6, 6.07) is 8.26. The van der Waals surface area contributed by atoms with Gasteiger partial charge in [-0.3, -0.25) is 19.7 Å². The van der Waals surface area contributed by atoms with Crippen molar-refractivity contribution in [2.75, 3.05) is 18.1 Å². The molecule has 1 atom stereocenters. The number of para-hydroxylation sites is 1. The first kappa shape index (κ1) is 20.1. The van der Waals surface area contributed by atoms with E-state index in [1.807, 2.05) is 5.32 Å². The number of hydrogen-bond donors (Lipinski definition) is 2. The summed E-state index contributed by atoms with van der Waals surface area (Å²) in [6.45, 7) is -0.650. The summed E-state index contributed by atoms with van der Waals surface area (Å²) in [7, 11) is 0. The highest BCUT2D eigenvalue weighted by atomic mass is 19.1. The van der Waals surface area contributed by atoms with Gasteiger partial charge in [0.2, 0.25) is 5.91 Å². The maximum atomic E-state index is 13.9. The fraction of sp³-hybridized carbons (Fsp3) is 0.263. The topological polar surface area (TPSA) is 118 Å². The molecule has 0 bridgehead atoms. The van der Waals surface area contributed by atoms with Crippen LogP contribution in [0.5, 0.6) is 0 Å². The maximum absolute atomic E-state index is 13.9. The number of furan rings is 1. The number of benzene rings is 1. The van der Waals surface area contributed by atoms with Crippen LogP contribution >= 0.6 is 0 Å². The Morgan fingerprint density at radius 2 is 2.00 bits per heavy atom. The van der Waals surface area contributed by atoms with Crippen molar-refractivity contribution < 1.29 is 32.7 Å². The van der Waals surface area contributed by atoms with E-state index in [0.717, 1.165) is 0 Å². The van der Waals surface area contributed by atoms with E-state index in [1.165, 1.54) is 29.4 Å². The van der Waals surface area contributed by atoms with Gasteiger partial charge in [-0.2, -0.15) is 0 Å². The molecule has 0 saturated carbocycles. The molecule has 0 aliphatic carbocycles. The van der Waals surface area contributed by atoms with Crippen LogP contribution in [0.15, 0.2) is 47.1 Å². The molecule has 0 radical (unpaired) electrons. The van der Waals surface area contributed by atoms with Crippen LogP contribution in [0, 0.1) is 11.7 Å². The molecular weight excluding hydrogens is 385 g/mol. The minimum atomic E-state index is -0.831. The number of carbonyl (C=O) groups excluding carboxylic acids is 4. The number of amides is 4. The van der Waals surface area contributed by atoms with Crippen LogP contribution in [0.3, 0.4) is 0 Å². The van der Waals surface area contributed by atoms with Gasteiger partial charge in [0.25, 0.3) is 5.91 Å². The molecule has 2 aromatic rings. The van der Waals surface area contributed by atoms with Crippen LogP contribution in [0.4, 0.5) is 14.9 Å². The second kappa shape index (κ2) is 9.00. The van der Waals surface area contributed by atoms with Gasteiger partial charge >= 0.3 is 12.0 Å². The van der Waals surface area contributed by atoms with Gasteiger partial charge in [0.05, 0.1) is 24.4 Å². The van der Waals surface area contributed by atoms with Gasteiger partial charge in [0.15, 0.2) is 6.61 Å². The molecule has 10 heteroatoms. The highest BCUT2D eigenvalue weighted by Gasteiger charge is 2.37. The van der Waals surface area contributed by atoms with E-state index in [1.54, 1.807) is 18.2 Å². The summed E-state index contributed by atoms with van der Waals surface area (Å²) in [5, 5.41) is 4.41. The summed E-state index contributed by atoms with van der Waals surface area (Å²) in [5.41, 5.74) is 0.0822. The zero-order valence-electron chi connectivity index (χ0n) is 15.2. The Kier molecular flexibility index (Phi) is 6.22. The molecule has 2 N–H and O–H groups in total. The second-order valence-corrected chi connectivity index (χ2v) is 6.27. The van der Waals surface area contributed by atoms with Crippen LogP contribution in [0.25, 0.3) is 0 Å². The van der Waals surface area contributed by atoms with Crippen molar-refractivity contribution in [1.29, 1.82) is 0 Å². The molecule has 1 saturated heterocycles. The van der Waals surface area contributed by atoms with Crippen LogP contribution in [0.2, 0.25) is 0 Å². The second-order valence-electron chi connectivity index (χ2n) is 6.27. The van der Waals surface area contributed by atoms with Gasteiger partial charge in [0.1, 0.15) is 11.6 Å². The van der Waals surface area contributed by atoms with E-state index in [9.17, 15) is 23.6 Å². The summed E-state index contributed by atoms with van der Waals surface area (Å²) in [4.78, 5) is 48.8. The predicted octanol–water partition coefficient (Wildman–Crippen LogP) is 1.34. The Labute approximate surface area is 164 Å². The number of nitrogens with zero attached hydrogens (tertiary/aromatic N) is 1. The normalized spacial score (nSPS) is 15.8. The molecule has 1 aliphatic heterocycles. The number of esters is 1. The SMILES string of the molecule is O=C(COC(=O)[C@@H]1CC(=O)N(c2ccccc2F)C1)NC(=O)NCc1ccco1. The van der Waals surface area contributed by atoms with E-state index in [-0.39, 0.29) is 25.2 Å². The summed E-state index contributed by atoms with van der Waals surface area (Å²) < 4.78 is 23.8. The molecule has 152 valence electrons. The Morgan fingerprint density at radius 3 is 2.72 bits per heavy atom. The first-order chi connectivity index (χ1) is 13.9. The average molecular weight is 403 g/mol. The van der Waals surface area contributed by atoms with Crippen molar-refractivity contribution in [1.82, 2.24) is 10.6 Å². The lowest BCUT2D eigenvalue weighted by atomic mass is 10.1. The maximum Gasteiger partial charge on any atom is 0.321 e. The molecule has 1 aliphatic rings. The number of anilines is 1. The Balaban J connectivity index is 1.43. The number of carbonyl (C=O) groups is 4. The standard InChI is InChI=1S/C19H18FN3O6/c20-14-5-1-2-6-15(14)23-10-12(8-17(23)25)18(26)29-11-16(24)22-19(27)21-9-13-4-3-7-28-13/h1-7,12H,8-11H2,(H2,21,22,24,27)/t12-/m1/s1. The Bertz CT molecular complexity index is 914. The first-order valence-electron chi connectivity index (χ1n) is 8.75. The quantitative estimate of drug-likeness (QED) is 0.703. The van der Waals surface area contributed by atoms with E-state index in [4.69, 9.17) is 9.15 Å². The number of imide groups is 1. The number of ether oxygens (including phenoxy) is 1. The third-order valence-electron chi connectivity index (χ3n) is 4.20. The number of hydrogen-bond acceptors (Lipinski definition) is 6. The van der Waals surface area contributed by atoms with Crippen molar-refractivity contribution in [3.8, 4) is 0 Å². The molecular formula is C19H18FN3O6. The molecule has 3 rings (SSSR count). The van der Waals surface area contributed by atoms with Crippen LogP contribution < -0.4 is 15.5 Å². The third-order valence-corrected chi connectivity index (χ3v) is 4.20. The van der Waals surface area contributed by atoms with Crippen molar-refractivity contribution in [2.45, 2.75) is 13.0 Å². The summed E-state index contributed by atoms with van der Waals surface area (Å²) >= 11 is 0. The fourth-order valence-electron chi connectivity index (χ4n) is 2.81. The van der Waals surface area contributed by atoms with Gasteiger partial charge < -0.3 is 19.4 Å². The lowest BCUT2D eigenvalue weighted by Crippen LogP contribution is -2.41. The van der Waals surface area contributed by atoms with Crippen molar-refractivity contribution in [3.05, 3.63) is 54.2 Å². The largest absolute Gasteiger partial charge is 0.467 e. The first-order valence-corrected chi connectivity index (χ1v) is 8.75. The van der Waals surface area contributed by atoms with Crippen LogP contribution in [0.1, 0.15) is 12.2 Å². The van der Waals surface area contributed by atoms with Crippen molar-refractivity contribution in [3.63, 3.8) is 0 Å². The third kappa shape index (κ3) is 5.18. The number of nitrogens with one attached hydrogen (secondary N) is 2. The zero-order chi connectivity index (χ0) is 20.8. The lowest BCUT2D eigenvalue weighted by molar-refractivity contribution is -0.152. The lowest BCUT2D eigenvalue weighted by Gasteiger charge is -2.17. The van der Waals surface area contributed by atoms with E-state index in [2.05, 4.69) is 5.32 Å². The molecule has 1 aromatic heterocycles. The minimum Gasteiger partial charge on any atom is -0.467 e. The van der Waals surface area contributed by atoms with Gasteiger partial charge in [0, 0.05) is 13.0 Å². The van der Waals surface area contributed by atoms with E-state index >= 15 is 0 Å². The number of urea groups is 1. The highest BCUT2D eigenvalue weighted by molar-refractivity contribution is 6.00. The van der Waals surface area contributed by atoms with Gasteiger partial charge in [-0.05, 0) is 24.3 Å². The molecule has 29 heavy (non-hydrogen) atoms. The molecule has 1 aromatic carbocycles. The molecule has 4 amide bonds. The Hall–Kier alpha value is -3.69. The summed E-state index contributed by atoms with van der Waals surface area (Å²) in [5.74, 6) is -2.92. The van der Waals surface area contributed by atoms with Gasteiger partial charge in [-0.15, -0.1) is 0 Å². The molecule has 9 nitrogen and oxygen atoms in total. The predicted molar refractivity (Wildman–Crippen MR) is 96.9 cm³/mol. The zero-order valence-corrected chi connectivity index (χ0v) is 15.2. The highest BCUT2D eigenvalue weighted by Crippen LogP contribution is 2.27. The number of halogens is 1. The van der Waals surface area contributed by atoms with E-state index < -0.39 is 42.2 Å². The van der Waals surface area contributed by atoms with Gasteiger partial charge in [-0.25, -0.2) is 9.18 Å². The van der Waals surface area contributed by atoms with Crippen LogP contribution in [-0.4, -0.2) is 37.0 Å². The molecule has 0 unspecified atom stereocenters. The Morgan fingerprint density at radius 1 is 1.21 bits per heavy atom. The number of rotatable bonds is 6. The summed E-state index contributed by atoms with van der Waals surface area (Å²) in [6.07, 6.45) is 1.29. The fourth-order valence-corrected chi connectivity index (χ4v) is 2.81. The van der Waals surface area contributed by atoms with Crippen molar-refractivity contribution in [2.24, 2.45) is 5.92 Å². The molecule has 1 fully saturated rings. The minimum absolute atomic E-state index is 0.0517. The van der Waals surface area contributed by atoms with Gasteiger partial charge in [-0.1, -0.05) is 12.1 Å². The molecule has 2 heterocycles. The monoisotopic (exact) mass is 403 g/mol. The van der Waals surface area contributed by atoms with Crippen molar-refractivity contribution >= 4 is 29.5 Å². The van der Waals surface area contributed by atoms with Crippen LogP contribution in [-0.2, 0) is 25.7 Å². The average Bonchev–Trinajstić information content (AvgIpc) is 3.35. The smallest absolute Gasteiger partial charge is 0.321 e. The van der Waals surface area contributed by atoms with E-state index in [0.29, 0.717) is 5.76 Å².